The van der Waals surface area contributed by atoms with Crippen LogP contribution in [0.3, 0.4) is 0 Å². The highest BCUT2D eigenvalue weighted by Crippen LogP contribution is 2.38. The van der Waals surface area contributed by atoms with Crippen LogP contribution in [0.5, 0.6) is 11.5 Å². The fraction of sp³-hybridized carbons (Fsp3) is 0.200. The van der Waals surface area contributed by atoms with E-state index in [2.05, 4.69) is 18.0 Å². The van der Waals surface area contributed by atoms with Gasteiger partial charge in [-0.3, -0.25) is 4.79 Å². The van der Waals surface area contributed by atoms with Crippen LogP contribution < -0.4 is 10.3 Å². The Morgan fingerprint density at radius 3 is 2.66 bits per heavy atom. The molecule has 0 aliphatic rings. The first-order valence-corrected chi connectivity index (χ1v) is 11.3. The van der Waals surface area contributed by atoms with E-state index in [0.717, 1.165) is 28.2 Å². The Kier molecular flexibility index (Phi) is 6.06. The van der Waals surface area contributed by atoms with Crippen molar-refractivity contribution in [1.29, 1.82) is 5.26 Å². The van der Waals surface area contributed by atoms with Crippen molar-refractivity contribution >= 4 is 22.7 Å². The molecular weight excluding hydrogens is 425 g/mol. The minimum Gasteiger partial charge on any atom is -0.456 e. The lowest BCUT2D eigenvalue weighted by Crippen LogP contribution is -2.16. The Bertz CT molecular complexity index is 1420. The van der Waals surface area contributed by atoms with Gasteiger partial charge in [0, 0.05) is 30.1 Å². The zero-order valence-electron chi connectivity index (χ0n) is 18.0. The van der Waals surface area contributed by atoms with Crippen LogP contribution in [-0.4, -0.2) is 15.3 Å². The van der Waals surface area contributed by atoms with E-state index in [1.165, 1.54) is 16.7 Å². The molecule has 0 saturated heterocycles. The van der Waals surface area contributed by atoms with Gasteiger partial charge < -0.3 is 14.3 Å². The number of nitrogens with zero attached hydrogens (tertiary/aromatic N) is 2. The predicted molar refractivity (Wildman–Crippen MR) is 127 cm³/mol. The molecule has 0 spiro atoms. The highest BCUT2D eigenvalue weighted by Gasteiger charge is 2.17. The van der Waals surface area contributed by atoms with E-state index in [9.17, 15) is 14.4 Å². The summed E-state index contributed by atoms with van der Waals surface area (Å²) in [6.45, 7) is 3.90. The second kappa shape index (κ2) is 8.93. The standard InChI is InChI=1S/C25H22FN3O2S/c1-4-32-14-16-5-7-23(31-22-8-6-17(26)9-15(22)2)19(10-16)21-13-29(3)25(30)20-11-18(12-27)28-24(20)21/h5-11,13,28H,4,14H2,1-3H3. The van der Waals surface area contributed by atoms with Crippen molar-refractivity contribution in [3.05, 3.63) is 81.7 Å². The van der Waals surface area contributed by atoms with Gasteiger partial charge in [0.25, 0.3) is 5.56 Å². The minimum atomic E-state index is -0.322. The van der Waals surface area contributed by atoms with Crippen LogP contribution in [0.1, 0.15) is 23.7 Å². The molecule has 162 valence electrons. The summed E-state index contributed by atoms with van der Waals surface area (Å²) in [7, 11) is 1.69. The SMILES string of the molecule is CCSCc1ccc(Oc2ccc(F)cc2C)c(-c2cn(C)c(=O)c3cc(C#N)[nH]c23)c1. The maximum atomic E-state index is 13.6. The average Bonchev–Trinajstić information content (AvgIpc) is 3.22. The molecule has 5 nitrogen and oxygen atoms in total. The van der Waals surface area contributed by atoms with Crippen molar-refractivity contribution in [2.45, 2.75) is 19.6 Å². The van der Waals surface area contributed by atoms with E-state index < -0.39 is 0 Å². The van der Waals surface area contributed by atoms with Crippen molar-refractivity contribution in [2.24, 2.45) is 7.05 Å². The molecule has 0 saturated carbocycles. The third kappa shape index (κ3) is 4.14. The lowest BCUT2D eigenvalue weighted by atomic mass is 10.0. The van der Waals surface area contributed by atoms with E-state index in [0.29, 0.717) is 33.7 Å². The Balaban J connectivity index is 1.93. The van der Waals surface area contributed by atoms with Crippen LogP contribution in [0.25, 0.3) is 22.0 Å². The molecule has 0 aliphatic carbocycles. The molecule has 0 amide bonds. The molecule has 0 atom stereocenters. The smallest absolute Gasteiger partial charge is 0.259 e. The fourth-order valence-corrected chi connectivity index (χ4v) is 4.26. The second-order valence-electron chi connectivity index (χ2n) is 7.52. The summed E-state index contributed by atoms with van der Waals surface area (Å²) >= 11 is 1.81. The number of nitriles is 1. The number of aromatic nitrogens is 2. The number of aryl methyl sites for hydroxylation is 2. The molecule has 4 aromatic rings. The van der Waals surface area contributed by atoms with Crippen LogP contribution in [0.2, 0.25) is 0 Å². The van der Waals surface area contributed by atoms with Crippen LogP contribution in [0, 0.1) is 24.1 Å². The predicted octanol–water partition coefficient (Wildman–Crippen LogP) is 5.90. The monoisotopic (exact) mass is 447 g/mol. The number of hydrogen-bond acceptors (Lipinski definition) is 4. The first-order chi connectivity index (χ1) is 15.4. The highest BCUT2D eigenvalue weighted by molar-refractivity contribution is 7.98. The lowest BCUT2D eigenvalue weighted by Gasteiger charge is -2.16. The Morgan fingerprint density at radius 1 is 1.16 bits per heavy atom. The summed E-state index contributed by atoms with van der Waals surface area (Å²) in [5.41, 5.74) is 4.06. The average molecular weight is 448 g/mol. The van der Waals surface area contributed by atoms with Gasteiger partial charge in [0.2, 0.25) is 0 Å². The van der Waals surface area contributed by atoms with Gasteiger partial charge in [-0.1, -0.05) is 13.0 Å². The summed E-state index contributed by atoms with van der Waals surface area (Å²) in [5.74, 6) is 2.64. The summed E-state index contributed by atoms with van der Waals surface area (Å²) in [4.78, 5) is 15.7. The number of aromatic amines is 1. The van der Waals surface area contributed by atoms with Gasteiger partial charge in [0.05, 0.1) is 10.9 Å². The number of benzene rings is 2. The van der Waals surface area contributed by atoms with Gasteiger partial charge in [-0.25, -0.2) is 4.39 Å². The van der Waals surface area contributed by atoms with Gasteiger partial charge in [0.15, 0.2) is 0 Å². The van der Waals surface area contributed by atoms with Crippen molar-refractivity contribution in [1.82, 2.24) is 9.55 Å². The fourth-order valence-electron chi connectivity index (χ4n) is 3.64. The maximum absolute atomic E-state index is 13.6. The van der Waals surface area contributed by atoms with Crippen LogP contribution in [-0.2, 0) is 12.8 Å². The zero-order valence-corrected chi connectivity index (χ0v) is 18.8. The van der Waals surface area contributed by atoms with Gasteiger partial charge >= 0.3 is 0 Å². The molecule has 0 aliphatic heterocycles. The molecule has 7 heteroatoms. The van der Waals surface area contributed by atoms with Gasteiger partial charge in [-0.05, 0) is 60.2 Å². The van der Waals surface area contributed by atoms with Gasteiger partial charge in [-0.2, -0.15) is 17.0 Å². The number of hydrogen-bond donors (Lipinski definition) is 1. The summed E-state index contributed by atoms with van der Waals surface area (Å²) in [6, 6.07) is 14.0. The molecule has 2 aromatic heterocycles. The molecule has 0 unspecified atom stereocenters. The minimum absolute atomic E-state index is 0.184. The van der Waals surface area contributed by atoms with Crippen LogP contribution >= 0.6 is 11.8 Å². The Morgan fingerprint density at radius 2 is 1.94 bits per heavy atom. The van der Waals surface area contributed by atoms with Crippen molar-refractivity contribution in [2.75, 3.05) is 5.75 Å². The number of pyridine rings is 1. The van der Waals surface area contributed by atoms with E-state index in [-0.39, 0.29) is 11.4 Å². The van der Waals surface area contributed by atoms with E-state index in [1.54, 1.807) is 32.3 Å². The summed E-state index contributed by atoms with van der Waals surface area (Å²) in [6.07, 6.45) is 1.75. The molecule has 0 radical (unpaired) electrons. The summed E-state index contributed by atoms with van der Waals surface area (Å²) < 4.78 is 21.3. The van der Waals surface area contributed by atoms with Crippen molar-refractivity contribution in [3.63, 3.8) is 0 Å². The third-order valence-electron chi connectivity index (χ3n) is 5.24. The number of ether oxygens (including phenoxy) is 1. The second-order valence-corrected chi connectivity index (χ2v) is 8.80. The Hall–Kier alpha value is -3.50. The Labute approximate surface area is 189 Å². The van der Waals surface area contributed by atoms with Gasteiger partial charge in [0.1, 0.15) is 29.1 Å². The largest absolute Gasteiger partial charge is 0.456 e. The van der Waals surface area contributed by atoms with E-state index >= 15 is 0 Å². The van der Waals surface area contributed by atoms with Gasteiger partial charge in [-0.15, -0.1) is 0 Å². The number of H-pyrrole nitrogens is 1. The van der Waals surface area contributed by atoms with Crippen LogP contribution in [0.4, 0.5) is 4.39 Å². The molecule has 0 fully saturated rings. The number of halogens is 1. The quantitative estimate of drug-likeness (QED) is 0.400. The molecule has 32 heavy (non-hydrogen) atoms. The van der Waals surface area contributed by atoms with Crippen molar-refractivity contribution < 1.29 is 9.13 Å². The van der Waals surface area contributed by atoms with Crippen LogP contribution in [0.15, 0.2) is 53.5 Å². The zero-order chi connectivity index (χ0) is 22.8. The highest BCUT2D eigenvalue weighted by atomic mass is 32.2. The van der Waals surface area contributed by atoms with E-state index in [1.807, 2.05) is 30.0 Å². The molecule has 4 rings (SSSR count). The number of nitrogens with one attached hydrogen (secondary N) is 1. The number of fused-ring (bicyclic) bond motifs is 1. The normalized spacial score (nSPS) is 11.0. The first-order valence-electron chi connectivity index (χ1n) is 10.2. The topological polar surface area (TPSA) is 70.8 Å². The molecule has 0 bridgehead atoms. The molecule has 2 heterocycles. The molecular formula is C25H22FN3O2S. The van der Waals surface area contributed by atoms with E-state index in [4.69, 9.17) is 4.74 Å². The number of thioether (sulfide) groups is 1. The molecule has 2 aromatic carbocycles. The third-order valence-corrected chi connectivity index (χ3v) is 6.19. The maximum Gasteiger partial charge on any atom is 0.259 e. The lowest BCUT2D eigenvalue weighted by molar-refractivity contribution is 0.478. The summed E-state index contributed by atoms with van der Waals surface area (Å²) in [5, 5.41) is 9.80. The molecule has 1 N–H and O–H groups in total. The van der Waals surface area contributed by atoms with Crippen molar-refractivity contribution in [3.8, 4) is 28.7 Å². The first kappa shape index (κ1) is 21.7. The number of rotatable bonds is 6.